The van der Waals surface area contributed by atoms with E-state index in [-0.39, 0.29) is 11.9 Å². The molecule has 0 aliphatic carbocycles. The highest BCUT2D eigenvalue weighted by Crippen LogP contribution is 2.19. The quantitative estimate of drug-likeness (QED) is 0.833. The summed E-state index contributed by atoms with van der Waals surface area (Å²) >= 11 is 0. The molecule has 138 valence electrons. The molecule has 1 saturated heterocycles. The van der Waals surface area contributed by atoms with Crippen LogP contribution < -0.4 is 5.32 Å². The standard InChI is InChI=1S/C22H28N2O2/c1-2-18-8-10-20(11-9-18)21(16-19-6-4-3-5-7-19)23-22(25)17-24-12-14-26-15-13-24/h3-11,21H,2,12-17H2,1H3,(H,23,25). The highest BCUT2D eigenvalue weighted by atomic mass is 16.5. The van der Waals surface area contributed by atoms with Gasteiger partial charge in [0, 0.05) is 13.1 Å². The van der Waals surface area contributed by atoms with E-state index in [2.05, 4.69) is 53.5 Å². The van der Waals surface area contributed by atoms with Crippen LogP contribution in [-0.2, 0) is 22.4 Å². The molecule has 1 amide bonds. The van der Waals surface area contributed by atoms with E-state index in [0.717, 1.165) is 31.5 Å². The Morgan fingerprint density at radius 3 is 2.38 bits per heavy atom. The van der Waals surface area contributed by atoms with Gasteiger partial charge in [0.2, 0.25) is 5.91 Å². The number of nitrogens with zero attached hydrogens (tertiary/aromatic N) is 1. The van der Waals surface area contributed by atoms with Gasteiger partial charge in [-0.1, -0.05) is 61.5 Å². The number of hydrogen-bond donors (Lipinski definition) is 1. The summed E-state index contributed by atoms with van der Waals surface area (Å²) in [6, 6.07) is 18.9. The maximum atomic E-state index is 12.6. The van der Waals surface area contributed by atoms with Crippen molar-refractivity contribution >= 4 is 5.91 Å². The van der Waals surface area contributed by atoms with Crippen molar-refractivity contribution in [3.63, 3.8) is 0 Å². The predicted octanol–water partition coefficient (Wildman–Crippen LogP) is 2.98. The zero-order valence-electron chi connectivity index (χ0n) is 15.5. The number of aryl methyl sites for hydroxylation is 1. The molecule has 1 fully saturated rings. The number of nitrogens with one attached hydrogen (secondary N) is 1. The van der Waals surface area contributed by atoms with Crippen LogP contribution in [0.4, 0.5) is 0 Å². The molecule has 2 aromatic carbocycles. The van der Waals surface area contributed by atoms with Crippen molar-refractivity contribution in [1.82, 2.24) is 10.2 Å². The number of ether oxygens (including phenoxy) is 1. The molecule has 1 aliphatic heterocycles. The Balaban J connectivity index is 1.69. The topological polar surface area (TPSA) is 41.6 Å². The summed E-state index contributed by atoms with van der Waals surface area (Å²) in [6.45, 7) is 5.64. The van der Waals surface area contributed by atoms with Gasteiger partial charge in [-0.2, -0.15) is 0 Å². The zero-order valence-corrected chi connectivity index (χ0v) is 15.5. The average Bonchev–Trinajstić information content (AvgIpc) is 2.69. The molecule has 4 nitrogen and oxygen atoms in total. The number of morpholine rings is 1. The van der Waals surface area contributed by atoms with Gasteiger partial charge in [-0.25, -0.2) is 0 Å². The molecule has 0 bridgehead atoms. The van der Waals surface area contributed by atoms with Gasteiger partial charge in [0.1, 0.15) is 0 Å². The first-order chi connectivity index (χ1) is 12.7. The lowest BCUT2D eigenvalue weighted by atomic mass is 9.97. The van der Waals surface area contributed by atoms with E-state index in [4.69, 9.17) is 4.74 Å². The third-order valence-electron chi connectivity index (χ3n) is 4.88. The number of hydrogen-bond acceptors (Lipinski definition) is 3. The third-order valence-corrected chi connectivity index (χ3v) is 4.88. The number of carbonyl (C=O) groups is 1. The first-order valence-electron chi connectivity index (χ1n) is 9.47. The first kappa shape index (κ1) is 18.6. The fourth-order valence-corrected chi connectivity index (χ4v) is 3.29. The van der Waals surface area contributed by atoms with Crippen molar-refractivity contribution in [2.75, 3.05) is 32.8 Å². The number of rotatable bonds is 7. The Morgan fingerprint density at radius 1 is 1.04 bits per heavy atom. The number of benzene rings is 2. The molecule has 0 spiro atoms. The molecule has 1 heterocycles. The fraction of sp³-hybridized carbons (Fsp3) is 0.409. The Labute approximate surface area is 156 Å². The monoisotopic (exact) mass is 352 g/mol. The van der Waals surface area contributed by atoms with Crippen LogP contribution in [0.5, 0.6) is 0 Å². The molecule has 4 heteroatoms. The van der Waals surface area contributed by atoms with Crippen LogP contribution in [0.1, 0.15) is 29.7 Å². The minimum atomic E-state index is -0.0168. The summed E-state index contributed by atoms with van der Waals surface area (Å²) in [7, 11) is 0. The first-order valence-corrected chi connectivity index (χ1v) is 9.47. The van der Waals surface area contributed by atoms with Gasteiger partial charge in [0.05, 0.1) is 25.8 Å². The minimum absolute atomic E-state index is 0.0168. The van der Waals surface area contributed by atoms with Crippen molar-refractivity contribution < 1.29 is 9.53 Å². The largest absolute Gasteiger partial charge is 0.379 e. The van der Waals surface area contributed by atoms with E-state index in [1.165, 1.54) is 11.1 Å². The van der Waals surface area contributed by atoms with E-state index in [1.807, 2.05) is 18.2 Å². The molecule has 0 saturated carbocycles. The lowest BCUT2D eigenvalue weighted by molar-refractivity contribution is -0.124. The third kappa shape index (κ3) is 5.41. The lowest BCUT2D eigenvalue weighted by Gasteiger charge is -2.27. The predicted molar refractivity (Wildman–Crippen MR) is 104 cm³/mol. The van der Waals surface area contributed by atoms with Crippen LogP contribution in [-0.4, -0.2) is 43.7 Å². The van der Waals surface area contributed by atoms with Crippen LogP contribution in [0, 0.1) is 0 Å². The Hall–Kier alpha value is -2.17. The average molecular weight is 352 g/mol. The van der Waals surface area contributed by atoms with Gasteiger partial charge in [-0.3, -0.25) is 9.69 Å². The highest BCUT2D eigenvalue weighted by Gasteiger charge is 2.19. The van der Waals surface area contributed by atoms with Gasteiger partial charge < -0.3 is 10.1 Å². The smallest absolute Gasteiger partial charge is 0.234 e. The van der Waals surface area contributed by atoms with Crippen LogP contribution in [0.15, 0.2) is 54.6 Å². The summed E-state index contributed by atoms with van der Waals surface area (Å²) in [5.74, 6) is 0.0763. The summed E-state index contributed by atoms with van der Waals surface area (Å²) < 4.78 is 5.36. The van der Waals surface area contributed by atoms with Gasteiger partial charge in [0.15, 0.2) is 0 Å². The normalized spacial score (nSPS) is 16.2. The Kier molecular flexibility index (Phi) is 6.81. The van der Waals surface area contributed by atoms with Crippen LogP contribution in [0.3, 0.4) is 0 Å². The second-order valence-electron chi connectivity index (χ2n) is 6.79. The molecule has 1 N–H and O–H groups in total. The molecule has 0 radical (unpaired) electrons. The molecule has 26 heavy (non-hydrogen) atoms. The van der Waals surface area contributed by atoms with Gasteiger partial charge in [-0.15, -0.1) is 0 Å². The van der Waals surface area contributed by atoms with E-state index in [1.54, 1.807) is 0 Å². The summed E-state index contributed by atoms with van der Waals surface area (Å²) in [6.07, 6.45) is 1.81. The summed E-state index contributed by atoms with van der Waals surface area (Å²) in [4.78, 5) is 14.8. The van der Waals surface area contributed by atoms with E-state index < -0.39 is 0 Å². The van der Waals surface area contributed by atoms with Crippen molar-refractivity contribution in [2.24, 2.45) is 0 Å². The van der Waals surface area contributed by atoms with E-state index in [0.29, 0.717) is 19.8 Å². The van der Waals surface area contributed by atoms with E-state index >= 15 is 0 Å². The molecule has 0 aromatic heterocycles. The van der Waals surface area contributed by atoms with Crippen molar-refractivity contribution in [1.29, 1.82) is 0 Å². The zero-order chi connectivity index (χ0) is 18.2. The van der Waals surface area contributed by atoms with E-state index in [9.17, 15) is 4.79 Å². The molecule has 1 atom stereocenters. The van der Waals surface area contributed by atoms with Crippen LogP contribution in [0.25, 0.3) is 0 Å². The number of amides is 1. The minimum Gasteiger partial charge on any atom is -0.379 e. The molecule has 2 aromatic rings. The van der Waals surface area contributed by atoms with Crippen molar-refractivity contribution in [2.45, 2.75) is 25.8 Å². The van der Waals surface area contributed by atoms with Crippen LogP contribution in [0.2, 0.25) is 0 Å². The summed E-state index contributed by atoms with van der Waals surface area (Å²) in [5.41, 5.74) is 3.69. The van der Waals surface area contributed by atoms with Gasteiger partial charge in [-0.05, 0) is 29.5 Å². The number of carbonyl (C=O) groups excluding carboxylic acids is 1. The molecule has 1 unspecified atom stereocenters. The second-order valence-corrected chi connectivity index (χ2v) is 6.79. The molecular formula is C22H28N2O2. The van der Waals surface area contributed by atoms with Crippen LogP contribution >= 0.6 is 0 Å². The molecule has 3 rings (SSSR count). The fourth-order valence-electron chi connectivity index (χ4n) is 3.29. The van der Waals surface area contributed by atoms with Crippen molar-refractivity contribution in [3.8, 4) is 0 Å². The SMILES string of the molecule is CCc1ccc(C(Cc2ccccc2)NC(=O)CN2CCOCC2)cc1. The maximum Gasteiger partial charge on any atom is 0.234 e. The maximum absolute atomic E-state index is 12.6. The van der Waals surface area contributed by atoms with Gasteiger partial charge >= 0.3 is 0 Å². The second kappa shape index (κ2) is 9.51. The molecular weight excluding hydrogens is 324 g/mol. The summed E-state index contributed by atoms with van der Waals surface area (Å²) in [5, 5.41) is 3.25. The Bertz CT molecular complexity index is 679. The lowest BCUT2D eigenvalue weighted by Crippen LogP contribution is -2.44. The highest BCUT2D eigenvalue weighted by molar-refractivity contribution is 5.78. The van der Waals surface area contributed by atoms with Crippen molar-refractivity contribution in [3.05, 3.63) is 71.3 Å². The Morgan fingerprint density at radius 2 is 1.73 bits per heavy atom. The van der Waals surface area contributed by atoms with Gasteiger partial charge in [0.25, 0.3) is 0 Å². The molecule has 1 aliphatic rings.